The Bertz CT molecular complexity index is 1060. The molecule has 2 aromatic rings. The van der Waals surface area contributed by atoms with Crippen LogP contribution in [0.1, 0.15) is 0 Å². The van der Waals surface area contributed by atoms with E-state index in [0.717, 1.165) is 0 Å². The van der Waals surface area contributed by atoms with E-state index in [1.54, 1.807) is 11.9 Å². The first-order valence-corrected chi connectivity index (χ1v) is 11.1. The third-order valence-corrected chi connectivity index (χ3v) is 7.14. The summed E-state index contributed by atoms with van der Waals surface area (Å²) in [5, 5.41) is 0.484. The first kappa shape index (κ1) is 23.0. The van der Waals surface area contributed by atoms with Gasteiger partial charge in [0.1, 0.15) is 0 Å². The molecule has 0 saturated carbocycles. The number of benzene rings is 1. The number of hydrogen-bond acceptors (Lipinski definition) is 6. The molecule has 1 aliphatic rings. The van der Waals surface area contributed by atoms with Gasteiger partial charge < -0.3 is 9.64 Å². The van der Waals surface area contributed by atoms with Crippen molar-refractivity contribution in [2.45, 2.75) is 11.5 Å². The maximum absolute atomic E-state index is 13.3. The molecular weight excluding hydrogens is 430 g/mol. The molecule has 31 heavy (non-hydrogen) atoms. The molecule has 1 saturated heterocycles. The quantitative estimate of drug-likeness (QED) is 0.566. The average molecular weight is 454 g/mol. The summed E-state index contributed by atoms with van der Waals surface area (Å²) in [6.45, 7) is 3.12. The van der Waals surface area contributed by atoms with Gasteiger partial charge in [-0.2, -0.15) is 13.1 Å². The molecule has 1 aromatic heterocycles. The van der Waals surface area contributed by atoms with Crippen molar-refractivity contribution >= 4 is 26.7 Å². The number of fused-ring (bicyclic) bond motifs is 1. The Hall–Kier alpha value is -2.63. The Morgan fingerprint density at radius 3 is 2.61 bits per heavy atom. The number of alkyl halides is 2. The molecule has 1 amide bonds. The van der Waals surface area contributed by atoms with Crippen molar-refractivity contribution in [2.75, 3.05) is 46.3 Å². The zero-order valence-corrected chi connectivity index (χ0v) is 17.9. The fourth-order valence-corrected chi connectivity index (χ4v) is 5.07. The largest absolute Gasteiger partial charge is 0.416 e. The van der Waals surface area contributed by atoms with Crippen molar-refractivity contribution in [1.29, 1.82) is 0 Å². The predicted molar refractivity (Wildman–Crippen MR) is 111 cm³/mol. The number of sulfonamides is 1. The van der Waals surface area contributed by atoms with Crippen LogP contribution in [0, 0.1) is 0 Å². The average Bonchev–Trinajstić information content (AvgIpc) is 2.76. The Balaban J connectivity index is 1.74. The summed E-state index contributed by atoms with van der Waals surface area (Å²) in [5.74, 6) is -0.477. The summed E-state index contributed by atoms with van der Waals surface area (Å²) in [6, 6.07) is 5.91. The molecule has 1 fully saturated rings. The van der Waals surface area contributed by atoms with Gasteiger partial charge in [-0.05, 0) is 24.3 Å². The predicted octanol–water partition coefficient (Wildman–Crippen LogP) is 1.79. The van der Waals surface area contributed by atoms with E-state index in [1.807, 2.05) is 0 Å². The van der Waals surface area contributed by atoms with Gasteiger partial charge in [0.25, 0.3) is 0 Å². The van der Waals surface area contributed by atoms with Crippen molar-refractivity contribution < 1.29 is 26.7 Å². The number of likely N-dealkylation sites (N-methyl/N-ethyl adjacent to an activating group) is 1. The molecule has 168 valence electrons. The second-order valence-electron chi connectivity index (χ2n) is 7.06. The van der Waals surface area contributed by atoms with Gasteiger partial charge in [-0.25, -0.2) is 13.4 Å². The number of pyridine rings is 1. The monoisotopic (exact) mass is 454 g/mol. The number of nitrogens with zero attached hydrogens (tertiary/aromatic N) is 4. The normalized spacial score (nSPS) is 15.9. The van der Waals surface area contributed by atoms with Gasteiger partial charge in [0.05, 0.1) is 4.90 Å². The van der Waals surface area contributed by atoms with Gasteiger partial charge >= 0.3 is 6.61 Å². The fraction of sp³-hybridized carbons (Fsp3) is 0.400. The van der Waals surface area contributed by atoms with Gasteiger partial charge in [0, 0.05) is 63.3 Å². The van der Waals surface area contributed by atoms with Gasteiger partial charge in [-0.15, -0.1) is 0 Å². The van der Waals surface area contributed by atoms with Crippen LogP contribution in [-0.2, 0) is 14.8 Å². The van der Waals surface area contributed by atoms with E-state index in [2.05, 4.69) is 21.2 Å². The van der Waals surface area contributed by atoms with E-state index in [9.17, 15) is 22.0 Å². The molecule has 0 atom stereocenters. The lowest BCUT2D eigenvalue weighted by atomic mass is 10.2. The summed E-state index contributed by atoms with van der Waals surface area (Å²) in [4.78, 5) is 19.0. The SMILES string of the molecule is C=CC(=O)N(C)CCN1CCN(S(=O)(=O)c2cccc3c(OC(F)F)nccc23)CC1. The highest BCUT2D eigenvalue weighted by Crippen LogP contribution is 2.31. The number of amides is 1. The van der Waals surface area contributed by atoms with Gasteiger partial charge in [0.2, 0.25) is 21.8 Å². The lowest BCUT2D eigenvalue weighted by Gasteiger charge is -2.34. The topological polar surface area (TPSA) is 83.1 Å². The number of hydrogen-bond donors (Lipinski definition) is 0. The molecule has 3 rings (SSSR count). The maximum Gasteiger partial charge on any atom is 0.388 e. The number of carbonyl (C=O) groups is 1. The van der Waals surface area contributed by atoms with Crippen molar-refractivity contribution in [1.82, 2.24) is 19.1 Å². The first-order chi connectivity index (χ1) is 14.7. The minimum Gasteiger partial charge on any atom is -0.416 e. The van der Waals surface area contributed by atoms with Crippen LogP contribution in [0.25, 0.3) is 10.8 Å². The summed E-state index contributed by atoms with van der Waals surface area (Å²) in [5.41, 5.74) is 0. The van der Waals surface area contributed by atoms with Crippen molar-refractivity contribution in [3.63, 3.8) is 0 Å². The van der Waals surface area contributed by atoms with Crippen LogP contribution in [-0.4, -0.2) is 86.3 Å². The Morgan fingerprint density at radius 2 is 1.97 bits per heavy atom. The van der Waals surface area contributed by atoms with E-state index >= 15 is 0 Å². The molecule has 11 heteroatoms. The molecule has 1 aliphatic heterocycles. The third kappa shape index (κ3) is 5.17. The van der Waals surface area contributed by atoms with Crippen LogP contribution in [0.15, 0.2) is 48.0 Å². The summed E-state index contributed by atoms with van der Waals surface area (Å²) in [6.07, 6.45) is 2.50. The number of ether oxygens (including phenoxy) is 1. The highest BCUT2D eigenvalue weighted by molar-refractivity contribution is 7.89. The highest BCUT2D eigenvalue weighted by atomic mass is 32.2. The summed E-state index contributed by atoms with van der Waals surface area (Å²) in [7, 11) is -2.16. The van der Waals surface area contributed by atoms with Crippen molar-refractivity contribution in [3.8, 4) is 5.88 Å². The van der Waals surface area contributed by atoms with E-state index < -0.39 is 16.6 Å². The zero-order valence-electron chi connectivity index (χ0n) is 17.1. The molecule has 2 heterocycles. The molecule has 0 N–H and O–H groups in total. The smallest absolute Gasteiger partial charge is 0.388 e. The van der Waals surface area contributed by atoms with Crippen LogP contribution in [0.3, 0.4) is 0 Å². The molecule has 0 unspecified atom stereocenters. The molecule has 0 aliphatic carbocycles. The Kier molecular flexibility index (Phi) is 7.19. The van der Waals surface area contributed by atoms with Crippen LogP contribution >= 0.6 is 0 Å². The standard InChI is InChI=1S/C20H24F2N4O4S/c1-3-18(27)24(2)9-10-25-11-13-26(14-12-25)31(28,29)17-6-4-5-16-15(17)7-8-23-19(16)30-20(21)22/h3-8,20H,1,9-14H2,2H3. The van der Waals surface area contributed by atoms with Crippen LogP contribution in [0.5, 0.6) is 5.88 Å². The number of carbonyl (C=O) groups excluding carboxylic acids is 1. The highest BCUT2D eigenvalue weighted by Gasteiger charge is 2.30. The minimum absolute atomic E-state index is 0.0243. The number of halogens is 2. The Labute approximate surface area is 179 Å². The summed E-state index contributed by atoms with van der Waals surface area (Å²) >= 11 is 0. The summed E-state index contributed by atoms with van der Waals surface area (Å²) < 4.78 is 57.7. The number of piperazine rings is 1. The van der Waals surface area contributed by atoms with E-state index in [0.29, 0.717) is 26.2 Å². The van der Waals surface area contributed by atoms with E-state index in [1.165, 1.54) is 40.8 Å². The minimum atomic E-state index is -3.85. The van der Waals surface area contributed by atoms with Crippen LogP contribution in [0.2, 0.25) is 0 Å². The molecule has 1 aromatic carbocycles. The van der Waals surface area contributed by atoms with Gasteiger partial charge in [-0.1, -0.05) is 12.6 Å². The van der Waals surface area contributed by atoms with Crippen LogP contribution < -0.4 is 4.74 Å². The van der Waals surface area contributed by atoms with Crippen LogP contribution in [0.4, 0.5) is 8.78 Å². The second kappa shape index (κ2) is 9.67. The molecule has 0 radical (unpaired) electrons. The van der Waals surface area contributed by atoms with Crippen molar-refractivity contribution in [3.05, 3.63) is 43.1 Å². The second-order valence-corrected chi connectivity index (χ2v) is 8.96. The third-order valence-electron chi connectivity index (χ3n) is 5.18. The van der Waals surface area contributed by atoms with Gasteiger partial charge in [-0.3, -0.25) is 9.69 Å². The van der Waals surface area contributed by atoms with E-state index in [-0.39, 0.29) is 40.5 Å². The maximum atomic E-state index is 13.3. The number of aromatic nitrogens is 1. The van der Waals surface area contributed by atoms with Crippen molar-refractivity contribution in [2.24, 2.45) is 0 Å². The molecule has 0 spiro atoms. The fourth-order valence-electron chi connectivity index (χ4n) is 3.44. The Morgan fingerprint density at radius 1 is 1.26 bits per heavy atom. The van der Waals surface area contributed by atoms with Gasteiger partial charge in [0.15, 0.2) is 0 Å². The molecule has 0 bridgehead atoms. The molecule has 8 nitrogen and oxygen atoms in total. The lowest BCUT2D eigenvalue weighted by Crippen LogP contribution is -2.50. The lowest BCUT2D eigenvalue weighted by molar-refractivity contribution is -0.125. The molecular formula is C20H24F2N4O4S. The zero-order chi connectivity index (χ0) is 22.6. The number of rotatable bonds is 8. The van der Waals surface area contributed by atoms with E-state index in [4.69, 9.17) is 0 Å². The first-order valence-electron chi connectivity index (χ1n) is 9.66.